The Morgan fingerprint density at radius 1 is 1.18 bits per heavy atom. The third-order valence-corrected chi connectivity index (χ3v) is 5.19. The fourth-order valence-electron chi connectivity index (χ4n) is 2.10. The minimum Gasteiger partial charge on any atom is -0.295 e. The first-order chi connectivity index (χ1) is 10.3. The third-order valence-electron chi connectivity index (χ3n) is 3.21. The van der Waals surface area contributed by atoms with Gasteiger partial charge in [-0.2, -0.15) is 0 Å². The number of aryl methyl sites for hydroxylation is 1. The summed E-state index contributed by atoms with van der Waals surface area (Å²) in [6, 6.07) is 11.5. The van der Waals surface area contributed by atoms with Gasteiger partial charge in [0.05, 0.1) is 4.90 Å². The lowest BCUT2D eigenvalue weighted by molar-refractivity contribution is 0.101. The molecule has 0 aliphatic carbocycles. The van der Waals surface area contributed by atoms with Crippen LogP contribution in [0.4, 0.5) is 5.69 Å². The summed E-state index contributed by atoms with van der Waals surface area (Å²) in [5.74, 6) is -0.112. The molecular formula is C16H16BrNO3S. The van der Waals surface area contributed by atoms with E-state index in [0.29, 0.717) is 17.7 Å². The highest BCUT2D eigenvalue weighted by atomic mass is 79.9. The fraction of sp³-hybridized carbons (Fsp3) is 0.188. The second-order valence-electron chi connectivity index (χ2n) is 4.85. The molecule has 22 heavy (non-hydrogen) atoms. The van der Waals surface area contributed by atoms with Crippen molar-refractivity contribution in [2.45, 2.75) is 25.2 Å². The van der Waals surface area contributed by atoms with Crippen LogP contribution in [0.25, 0.3) is 0 Å². The number of ketones is 1. The topological polar surface area (TPSA) is 63.2 Å². The molecule has 116 valence electrons. The van der Waals surface area contributed by atoms with E-state index in [1.807, 2.05) is 6.92 Å². The average molecular weight is 382 g/mol. The standard InChI is InChI=1S/C16H16BrNO3S/c1-3-12-9-14(17)7-8-16(12)22(20,21)18-15-6-4-5-13(10-15)11(2)19/h4-10,18H,3H2,1-2H3. The zero-order valence-corrected chi connectivity index (χ0v) is 14.7. The number of rotatable bonds is 5. The Labute approximate surface area is 138 Å². The quantitative estimate of drug-likeness (QED) is 0.795. The van der Waals surface area contributed by atoms with E-state index in [4.69, 9.17) is 0 Å². The molecule has 0 heterocycles. The van der Waals surface area contributed by atoms with E-state index in [1.54, 1.807) is 36.4 Å². The van der Waals surface area contributed by atoms with Gasteiger partial charge in [-0.1, -0.05) is 35.0 Å². The van der Waals surface area contributed by atoms with Crippen LogP contribution in [-0.2, 0) is 16.4 Å². The Balaban J connectivity index is 2.40. The largest absolute Gasteiger partial charge is 0.295 e. The molecule has 0 aliphatic heterocycles. The molecule has 0 aromatic heterocycles. The summed E-state index contributed by atoms with van der Waals surface area (Å²) >= 11 is 3.34. The van der Waals surface area contributed by atoms with Crippen molar-refractivity contribution in [3.8, 4) is 0 Å². The molecule has 2 aromatic carbocycles. The summed E-state index contributed by atoms with van der Waals surface area (Å²) in [6.45, 7) is 3.34. The molecular weight excluding hydrogens is 366 g/mol. The van der Waals surface area contributed by atoms with E-state index in [-0.39, 0.29) is 10.7 Å². The number of carbonyl (C=O) groups is 1. The summed E-state index contributed by atoms with van der Waals surface area (Å²) in [4.78, 5) is 11.6. The molecule has 0 atom stereocenters. The zero-order valence-electron chi connectivity index (χ0n) is 12.3. The molecule has 0 fully saturated rings. The Morgan fingerprint density at radius 2 is 1.91 bits per heavy atom. The minimum atomic E-state index is -3.70. The SMILES string of the molecule is CCc1cc(Br)ccc1S(=O)(=O)Nc1cccc(C(C)=O)c1. The number of halogens is 1. The Bertz CT molecular complexity index is 816. The molecule has 0 saturated heterocycles. The smallest absolute Gasteiger partial charge is 0.262 e. The molecule has 0 amide bonds. The van der Waals surface area contributed by atoms with Gasteiger partial charge in [0, 0.05) is 15.7 Å². The van der Waals surface area contributed by atoms with Gasteiger partial charge in [0.15, 0.2) is 5.78 Å². The molecule has 0 saturated carbocycles. The first-order valence-electron chi connectivity index (χ1n) is 6.75. The third kappa shape index (κ3) is 3.75. The zero-order chi connectivity index (χ0) is 16.3. The number of Topliss-reactive ketones (excluding diaryl/α,β-unsaturated/α-hetero) is 1. The Hall–Kier alpha value is -1.66. The summed E-state index contributed by atoms with van der Waals surface area (Å²) < 4.78 is 28.5. The molecule has 2 rings (SSSR count). The molecule has 0 spiro atoms. The van der Waals surface area contributed by atoms with Crippen molar-refractivity contribution in [2.75, 3.05) is 4.72 Å². The van der Waals surface area contributed by atoms with Gasteiger partial charge in [0.25, 0.3) is 10.0 Å². The highest BCUT2D eigenvalue weighted by molar-refractivity contribution is 9.10. The Morgan fingerprint density at radius 3 is 2.55 bits per heavy atom. The van der Waals surface area contributed by atoms with Gasteiger partial charge >= 0.3 is 0 Å². The lowest BCUT2D eigenvalue weighted by atomic mass is 10.1. The maximum absolute atomic E-state index is 12.6. The van der Waals surface area contributed by atoms with E-state index in [9.17, 15) is 13.2 Å². The van der Waals surface area contributed by atoms with Crippen molar-refractivity contribution in [3.05, 3.63) is 58.1 Å². The van der Waals surface area contributed by atoms with E-state index in [1.165, 1.54) is 13.0 Å². The van der Waals surface area contributed by atoms with E-state index in [2.05, 4.69) is 20.7 Å². The number of nitrogens with one attached hydrogen (secondary N) is 1. The summed E-state index contributed by atoms with van der Waals surface area (Å²) in [5, 5.41) is 0. The predicted octanol–water partition coefficient (Wildman–Crippen LogP) is 4.01. The Kier molecular flexibility index (Phi) is 5.03. The molecule has 6 heteroatoms. The normalized spacial score (nSPS) is 11.2. The summed E-state index contributed by atoms with van der Waals surface area (Å²) in [6.07, 6.45) is 0.600. The van der Waals surface area contributed by atoms with Crippen LogP contribution in [0.1, 0.15) is 29.8 Å². The lowest BCUT2D eigenvalue weighted by Crippen LogP contribution is -2.15. The summed E-state index contributed by atoms with van der Waals surface area (Å²) in [7, 11) is -3.70. The van der Waals surface area contributed by atoms with Crippen molar-refractivity contribution in [1.29, 1.82) is 0 Å². The first kappa shape index (κ1) is 16.7. The van der Waals surface area contributed by atoms with Gasteiger partial charge in [-0.3, -0.25) is 9.52 Å². The molecule has 0 bridgehead atoms. The molecule has 1 N–H and O–H groups in total. The highest BCUT2D eigenvalue weighted by Crippen LogP contribution is 2.24. The van der Waals surface area contributed by atoms with Crippen LogP contribution in [0.2, 0.25) is 0 Å². The number of benzene rings is 2. The van der Waals surface area contributed by atoms with Crippen LogP contribution in [0.15, 0.2) is 51.8 Å². The first-order valence-corrected chi connectivity index (χ1v) is 9.03. The maximum atomic E-state index is 12.6. The highest BCUT2D eigenvalue weighted by Gasteiger charge is 2.18. The van der Waals surface area contributed by atoms with Crippen molar-refractivity contribution < 1.29 is 13.2 Å². The van der Waals surface area contributed by atoms with Crippen LogP contribution in [0.3, 0.4) is 0 Å². The average Bonchev–Trinajstić information content (AvgIpc) is 2.46. The van der Waals surface area contributed by atoms with Crippen molar-refractivity contribution in [3.63, 3.8) is 0 Å². The van der Waals surface area contributed by atoms with Crippen molar-refractivity contribution in [1.82, 2.24) is 0 Å². The summed E-state index contributed by atoms with van der Waals surface area (Å²) in [5.41, 5.74) is 1.56. The van der Waals surface area contributed by atoms with Gasteiger partial charge in [0.2, 0.25) is 0 Å². The van der Waals surface area contributed by atoms with Crippen LogP contribution >= 0.6 is 15.9 Å². The molecule has 2 aromatic rings. The number of anilines is 1. The molecule has 4 nitrogen and oxygen atoms in total. The van der Waals surface area contributed by atoms with Crippen LogP contribution in [0.5, 0.6) is 0 Å². The van der Waals surface area contributed by atoms with Crippen molar-refractivity contribution >= 4 is 37.4 Å². The number of carbonyl (C=O) groups excluding carboxylic acids is 1. The fourth-order valence-corrected chi connectivity index (χ4v) is 3.85. The van der Waals surface area contributed by atoms with Crippen LogP contribution < -0.4 is 4.72 Å². The number of hydrogen-bond donors (Lipinski definition) is 1. The lowest BCUT2D eigenvalue weighted by Gasteiger charge is -2.12. The monoisotopic (exact) mass is 381 g/mol. The van der Waals surface area contributed by atoms with Gasteiger partial charge < -0.3 is 0 Å². The maximum Gasteiger partial charge on any atom is 0.262 e. The van der Waals surface area contributed by atoms with Crippen LogP contribution in [-0.4, -0.2) is 14.2 Å². The van der Waals surface area contributed by atoms with E-state index in [0.717, 1.165) is 10.0 Å². The molecule has 0 radical (unpaired) electrons. The van der Waals surface area contributed by atoms with Gasteiger partial charge in [-0.25, -0.2) is 8.42 Å². The number of sulfonamides is 1. The van der Waals surface area contributed by atoms with Crippen molar-refractivity contribution in [2.24, 2.45) is 0 Å². The molecule has 0 aliphatic rings. The van der Waals surface area contributed by atoms with E-state index < -0.39 is 10.0 Å². The molecule has 0 unspecified atom stereocenters. The second-order valence-corrected chi connectivity index (χ2v) is 7.41. The number of hydrogen-bond acceptors (Lipinski definition) is 3. The van der Waals surface area contributed by atoms with Crippen LogP contribution in [0, 0.1) is 0 Å². The van der Waals surface area contributed by atoms with Gasteiger partial charge in [0.1, 0.15) is 0 Å². The second kappa shape index (κ2) is 6.62. The van der Waals surface area contributed by atoms with E-state index >= 15 is 0 Å². The van der Waals surface area contributed by atoms with Gasteiger partial charge in [-0.15, -0.1) is 0 Å². The predicted molar refractivity (Wildman–Crippen MR) is 90.8 cm³/mol. The van der Waals surface area contributed by atoms with Gasteiger partial charge in [-0.05, 0) is 49.2 Å². The minimum absolute atomic E-state index is 0.112.